The van der Waals surface area contributed by atoms with Crippen LogP contribution in [0.25, 0.3) is 0 Å². The highest BCUT2D eigenvalue weighted by molar-refractivity contribution is 7.86. The summed E-state index contributed by atoms with van der Waals surface area (Å²) in [4.78, 5) is 11.5. The van der Waals surface area contributed by atoms with Gasteiger partial charge in [-0.2, -0.15) is 8.42 Å². The molecular weight excluding hydrogens is 304 g/mol. The maximum absolute atomic E-state index is 11.5. The molecule has 0 aromatic carbocycles. The largest absolute Gasteiger partial charge is 0.443 e. The zero-order valence-corrected chi connectivity index (χ0v) is 14.9. The molecule has 0 aliphatic heterocycles. The molecule has 0 spiro atoms. The van der Waals surface area contributed by atoms with E-state index in [9.17, 15) is 13.2 Å². The molecule has 22 heavy (non-hydrogen) atoms. The van der Waals surface area contributed by atoms with E-state index in [1.54, 1.807) is 6.92 Å². The lowest BCUT2D eigenvalue weighted by Gasteiger charge is -2.12. The Morgan fingerprint density at radius 3 is 1.77 bits per heavy atom. The molecule has 0 aliphatic rings. The number of ether oxygens (including phenoxy) is 1. The molecule has 0 saturated carbocycles. The maximum atomic E-state index is 11.5. The molecule has 0 saturated heterocycles. The van der Waals surface area contributed by atoms with Crippen molar-refractivity contribution in [3.05, 3.63) is 0 Å². The Kier molecular flexibility index (Phi) is 12.5. The van der Waals surface area contributed by atoms with Crippen molar-refractivity contribution in [3.8, 4) is 0 Å². The van der Waals surface area contributed by atoms with Crippen molar-refractivity contribution in [2.24, 2.45) is 0 Å². The number of carbonyl (C=O) groups excluding carboxylic acids is 1. The van der Waals surface area contributed by atoms with Gasteiger partial charge in [0.15, 0.2) is 0 Å². The van der Waals surface area contributed by atoms with Crippen LogP contribution in [0.4, 0.5) is 0 Å². The van der Waals surface area contributed by atoms with E-state index < -0.39 is 21.5 Å². The third-order valence-corrected chi connectivity index (χ3v) is 4.76. The molecule has 0 aliphatic carbocycles. The summed E-state index contributed by atoms with van der Waals surface area (Å²) in [7, 11) is -4.31. The van der Waals surface area contributed by atoms with Crippen molar-refractivity contribution < 1.29 is 22.5 Å². The lowest BCUT2D eigenvalue weighted by Crippen LogP contribution is -2.26. The van der Waals surface area contributed by atoms with E-state index in [1.165, 1.54) is 44.9 Å². The van der Waals surface area contributed by atoms with E-state index in [2.05, 4.69) is 6.92 Å². The summed E-state index contributed by atoms with van der Waals surface area (Å²) >= 11 is 0. The van der Waals surface area contributed by atoms with E-state index >= 15 is 0 Å². The second-order valence-corrected chi connectivity index (χ2v) is 7.33. The summed E-state index contributed by atoms with van der Waals surface area (Å²) in [6.07, 6.45) is 12.0. The Bertz CT molecular complexity index is 378. The lowest BCUT2D eigenvalue weighted by molar-refractivity contribution is -0.146. The van der Waals surface area contributed by atoms with E-state index in [-0.39, 0.29) is 12.8 Å². The highest BCUT2D eigenvalue weighted by Crippen LogP contribution is 2.13. The molecule has 0 rings (SSSR count). The normalized spacial score (nSPS) is 13.0. The van der Waals surface area contributed by atoms with Gasteiger partial charge in [-0.1, -0.05) is 71.6 Å². The summed E-state index contributed by atoms with van der Waals surface area (Å²) < 4.78 is 35.5. The first kappa shape index (κ1) is 21.4. The second kappa shape index (κ2) is 12.9. The van der Waals surface area contributed by atoms with Crippen molar-refractivity contribution in [1.29, 1.82) is 0 Å². The monoisotopic (exact) mass is 336 g/mol. The van der Waals surface area contributed by atoms with Gasteiger partial charge in [0.2, 0.25) is 5.44 Å². The molecule has 0 fully saturated rings. The summed E-state index contributed by atoms with van der Waals surface area (Å²) in [5.74, 6) is -0.552. The smallest absolute Gasteiger partial charge is 0.307 e. The first-order valence-corrected chi connectivity index (χ1v) is 10.1. The number of esters is 1. The van der Waals surface area contributed by atoms with Crippen LogP contribution in [0.3, 0.4) is 0 Å². The molecule has 0 aromatic heterocycles. The Balaban J connectivity index is 3.53. The number of hydrogen-bond donors (Lipinski definition) is 1. The summed E-state index contributed by atoms with van der Waals surface area (Å²) in [5.41, 5.74) is -1.43. The van der Waals surface area contributed by atoms with Gasteiger partial charge < -0.3 is 4.74 Å². The quantitative estimate of drug-likeness (QED) is 0.288. The number of rotatable bonds is 14. The van der Waals surface area contributed by atoms with Gasteiger partial charge in [-0.3, -0.25) is 9.35 Å². The van der Waals surface area contributed by atoms with Crippen LogP contribution in [0.2, 0.25) is 0 Å². The fourth-order valence-electron chi connectivity index (χ4n) is 2.32. The van der Waals surface area contributed by atoms with E-state index in [0.29, 0.717) is 6.42 Å². The van der Waals surface area contributed by atoms with Gasteiger partial charge in [-0.05, 0) is 12.8 Å². The molecule has 1 atom stereocenters. The Morgan fingerprint density at radius 1 is 0.909 bits per heavy atom. The Labute approximate surface area is 135 Å². The highest BCUT2D eigenvalue weighted by atomic mass is 32.2. The SMILES string of the molecule is CCCCCCCCCCCCC(=O)OC(CC)S(=O)(=O)O. The molecular formula is C16H32O5S. The molecule has 0 radical (unpaired) electrons. The average Bonchev–Trinajstić information content (AvgIpc) is 2.45. The molecule has 132 valence electrons. The van der Waals surface area contributed by atoms with Crippen molar-refractivity contribution in [1.82, 2.24) is 0 Å². The van der Waals surface area contributed by atoms with Crippen LogP contribution in [0, 0.1) is 0 Å². The summed E-state index contributed by atoms with van der Waals surface area (Å²) in [5, 5.41) is 0. The fourth-order valence-corrected chi connectivity index (χ4v) is 2.97. The van der Waals surface area contributed by atoms with Gasteiger partial charge in [0, 0.05) is 6.42 Å². The zero-order chi connectivity index (χ0) is 16.8. The van der Waals surface area contributed by atoms with Gasteiger partial charge in [-0.15, -0.1) is 0 Å². The fraction of sp³-hybridized carbons (Fsp3) is 0.938. The molecule has 1 N–H and O–H groups in total. The second-order valence-electron chi connectivity index (χ2n) is 5.77. The number of carbonyl (C=O) groups is 1. The lowest BCUT2D eigenvalue weighted by atomic mass is 10.1. The van der Waals surface area contributed by atoms with Crippen molar-refractivity contribution in [3.63, 3.8) is 0 Å². The molecule has 0 heterocycles. The van der Waals surface area contributed by atoms with Crippen molar-refractivity contribution in [2.75, 3.05) is 0 Å². The van der Waals surface area contributed by atoms with E-state index in [1.807, 2.05) is 0 Å². The first-order chi connectivity index (χ1) is 10.4. The van der Waals surface area contributed by atoms with Gasteiger partial charge in [0.05, 0.1) is 0 Å². The van der Waals surface area contributed by atoms with Gasteiger partial charge in [0.25, 0.3) is 0 Å². The third kappa shape index (κ3) is 12.0. The first-order valence-electron chi connectivity index (χ1n) is 8.57. The van der Waals surface area contributed by atoms with Gasteiger partial charge in [0.1, 0.15) is 0 Å². The van der Waals surface area contributed by atoms with E-state index in [0.717, 1.165) is 12.8 Å². The predicted octanol–water partition coefficient (Wildman–Crippen LogP) is 4.46. The van der Waals surface area contributed by atoms with Gasteiger partial charge >= 0.3 is 16.1 Å². The van der Waals surface area contributed by atoms with Crippen LogP contribution < -0.4 is 0 Å². The van der Waals surface area contributed by atoms with Crippen LogP contribution in [-0.4, -0.2) is 24.4 Å². The van der Waals surface area contributed by atoms with Crippen molar-refractivity contribution in [2.45, 2.75) is 96.3 Å². The Morgan fingerprint density at radius 2 is 1.36 bits per heavy atom. The Hall–Kier alpha value is -0.620. The van der Waals surface area contributed by atoms with Crippen molar-refractivity contribution >= 4 is 16.1 Å². The standard InChI is InChI=1S/C16H32O5S/c1-3-5-6-7-8-9-10-11-12-13-14-15(17)21-16(4-2)22(18,19)20/h16H,3-14H2,1-2H3,(H,18,19,20). The van der Waals surface area contributed by atoms with Crippen LogP contribution in [0.1, 0.15) is 90.9 Å². The molecule has 0 amide bonds. The summed E-state index contributed by atoms with van der Waals surface area (Å²) in [6, 6.07) is 0. The summed E-state index contributed by atoms with van der Waals surface area (Å²) in [6.45, 7) is 3.76. The zero-order valence-electron chi connectivity index (χ0n) is 14.1. The minimum atomic E-state index is -4.31. The van der Waals surface area contributed by atoms with Crippen LogP contribution in [0.15, 0.2) is 0 Å². The van der Waals surface area contributed by atoms with E-state index in [4.69, 9.17) is 9.29 Å². The predicted molar refractivity (Wildman–Crippen MR) is 88.2 cm³/mol. The van der Waals surface area contributed by atoms with Crippen LogP contribution >= 0.6 is 0 Å². The topological polar surface area (TPSA) is 80.7 Å². The molecule has 0 bridgehead atoms. The molecule has 5 nitrogen and oxygen atoms in total. The molecule has 6 heteroatoms. The minimum absolute atomic E-state index is 0.0581. The molecule has 1 unspecified atom stereocenters. The number of hydrogen-bond acceptors (Lipinski definition) is 4. The number of unbranched alkanes of at least 4 members (excludes halogenated alkanes) is 9. The minimum Gasteiger partial charge on any atom is -0.443 e. The van der Waals surface area contributed by atoms with Crippen LogP contribution in [-0.2, 0) is 19.6 Å². The van der Waals surface area contributed by atoms with Crippen LogP contribution in [0.5, 0.6) is 0 Å². The highest BCUT2D eigenvalue weighted by Gasteiger charge is 2.24. The average molecular weight is 336 g/mol. The molecule has 0 aromatic rings. The third-order valence-electron chi connectivity index (χ3n) is 3.66. The van der Waals surface area contributed by atoms with Gasteiger partial charge in [-0.25, -0.2) is 0 Å². The maximum Gasteiger partial charge on any atom is 0.307 e.